The Balaban J connectivity index is 2.58. The van der Waals surface area contributed by atoms with Crippen LogP contribution in [0.3, 0.4) is 0 Å². The van der Waals surface area contributed by atoms with Crippen molar-refractivity contribution in [2.75, 3.05) is 12.3 Å². The Hall–Kier alpha value is -1.37. The molecule has 0 saturated carbocycles. The zero-order chi connectivity index (χ0) is 11.1. The van der Waals surface area contributed by atoms with Crippen molar-refractivity contribution in [3.63, 3.8) is 0 Å². The van der Waals surface area contributed by atoms with Crippen molar-refractivity contribution in [1.29, 1.82) is 0 Å². The van der Waals surface area contributed by atoms with E-state index in [2.05, 4.69) is 15.3 Å². The van der Waals surface area contributed by atoms with Gasteiger partial charge in [0.15, 0.2) is 5.69 Å². The predicted octanol–water partition coefficient (Wildman–Crippen LogP) is 0.723. The molecule has 0 unspecified atom stereocenters. The first-order chi connectivity index (χ1) is 6.98. The van der Waals surface area contributed by atoms with Crippen LogP contribution in [0.5, 0.6) is 0 Å². The SMILES string of the molecule is Nc1nc2c(c(C(F)(F)F)n1)CNCC2. The van der Waals surface area contributed by atoms with Crippen molar-refractivity contribution in [1.82, 2.24) is 15.3 Å². The molecule has 1 aromatic heterocycles. The summed E-state index contributed by atoms with van der Waals surface area (Å²) in [5.41, 5.74) is 4.83. The van der Waals surface area contributed by atoms with Crippen LogP contribution in [0.25, 0.3) is 0 Å². The van der Waals surface area contributed by atoms with Crippen molar-refractivity contribution in [2.45, 2.75) is 19.1 Å². The van der Waals surface area contributed by atoms with E-state index in [4.69, 9.17) is 5.73 Å². The van der Waals surface area contributed by atoms with Crippen LogP contribution in [0.2, 0.25) is 0 Å². The summed E-state index contributed by atoms with van der Waals surface area (Å²) < 4.78 is 37.7. The molecule has 3 N–H and O–H groups in total. The summed E-state index contributed by atoms with van der Waals surface area (Å²) in [7, 11) is 0. The Bertz CT molecular complexity index is 388. The van der Waals surface area contributed by atoms with Crippen LogP contribution in [0.15, 0.2) is 0 Å². The number of nitrogens with one attached hydrogen (secondary N) is 1. The highest BCUT2D eigenvalue weighted by atomic mass is 19.4. The zero-order valence-electron chi connectivity index (χ0n) is 7.73. The maximum Gasteiger partial charge on any atom is 0.433 e. The van der Waals surface area contributed by atoms with Gasteiger partial charge in [0.05, 0.1) is 5.69 Å². The molecule has 0 saturated heterocycles. The first kappa shape index (κ1) is 10.2. The summed E-state index contributed by atoms with van der Waals surface area (Å²) in [5, 5.41) is 2.85. The number of anilines is 1. The number of aromatic nitrogens is 2. The van der Waals surface area contributed by atoms with Gasteiger partial charge in [-0.15, -0.1) is 0 Å². The second kappa shape index (κ2) is 3.34. The predicted molar refractivity (Wildman–Crippen MR) is 46.9 cm³/mol. The molecule has 0 spiro atoms. The van der Waals surface area contributed by atoms with E-state index in [1.165, 1.54) is 0 Å². The van der Waals surface area contributed by atoms with E-state index in [9.17, 15) is 13.2 Å². The molecule has 7 heteroatoms. The largest absolute Gasteiger partial charge is 0.433 e. The molecule has 4 nitrogen and oxygen atoms in total. The third kappa shape index (κ3) is 1.87. The molecule has 0 atom stereocenters. The Labute approximate surface area is 83.7 Å². The van der Waals surface area contributed by atoms with Crippen LogP contribution in [0, 0.1) is 0 Å². The first-order valence-corrected chi connectivity index (χ1v) is 4.41. The molecule has 1 aliphatic heterocycles. The van der Waals surface area contributed by atoms with E-state index in [0.29, 0.717) is 18.7 Å². The second-order valence-corrected chi connectivity index (χ2v) is 3.28. The van der Waals surface area contributed by atoms with E-state index in [-0.39, 0.29) is 18.1 Å². The fourth-order valence-corrected chi connectivity index (χ4v) is 1.60. The highest BCUT2D eigenvalue weighted by Crippen LogP contribution is 2.32. The average molecular weight is 218 g/mol. The third-order valence-electron chi connectivity index (χ3n) is 2.22. The third-order valence-corrected chi connectivity index (χ3v) is 2.22. The highest BCUT2D eigenvalue weighted by Gasteiger charge is 2.37. The molecule has 1 aliphatic rings. The topological polar surface area (TPSA) is 63.8 Å². The van der Waals surface area contributed by atoms with Crippen LogP contribution in [-0.2, 0) is 19.1 Å². The van der Waals surface area contributed by atoms with Crippen LogP contribution in [-0.4, -0.2) is 16.5 Å². The Kier molecular flexibility index (Phi) is 2.26. The molecule has 0 aromatic carbocycles. The number of halogens is 3. The molecule has 2 heterocycles. The van der Waals surface area contributed by atoms with E-state index >= 15 is 0 Å². The standard InChI is InChI=1S/C8H9F3N4/c9-8(10,11)6-4-3-13-2-1-5(4)14-7(12)15-6/h13H,1-3H2,(H2,12,14,15). The van der Waals surface area contributed by atoms with Gasteiger partial charge in [0.1, 0.15) is 0 Å². The summed E-state index contributed by atoms with van der Waals surface area (Å²) >= 11 is 0. The van der Waals surface area contributed by atoms with Crippen molar-refractivity contribution >= 4 is 5.95 Å². The van der Waals surface area contributed by atoms with Gasteiger partial charge in [-0.25, -0.2) is 9.97 Å². The second-order valence-electron chi connectivity index (χ2n) is 3.28. The molecule has 0 aliphatic carbocycles. The minimum atomic E-state index is -4.47. The van der Waals surface area contributed by atoms with E-state index < -0.39 is 11.9 Å². The first-order valence-electron chi connectivity index (χ1n) is 4.41. The lowest BCUT2D eigenvalue weighted by Crippen LogP contribution is -2.29. The normalized spacial score (nSPS) is 16.2. The summed E-state index contributed by atoms with van der Waals surface area (Å²) in [6.07, 6.45) is -4.02. The number of hydrogen-bond acceptors (Lipinski definition) is 4. The molecule has 0 fully saturated rings. The number of rotatable bonds is 0. The average Bonchev–Trinajstić information content (AvgIpc) is 2.15. The number of hydrogen-bond donors (Lipinski definition) is 2. The molecule has 0 bridgehead atoms. The lowest BCUT2D eigenvalue weighted by atomic mass is 10.1. The Morgan fingerprint density at radius 2 is 2.00 bits per heavy atom. The molecular weight excluding hydrogens is 209 g/mol. The summed E-state index contributed by atoms with van der Waals surface area (Å²) in [6.45, 7) is 0.755. The molecule has 2 rings (SSSR count). The van der Waals surface area contributed by atoms with E-state index in [1.807, 2.05) is 0 Å². The van der Waals surface area contributed by atoms with Gasteiger partial charge in [0.25, 0.3) is 0 Å². The maximum atomic E-state index is 12.6. The van der Waals surface area contributed by atoms with Crippen molar-refractivity contribution < 1.29 is 13.2 Å². The van der Waals surface area contributed by atoms with Gasteiger partial charge in [-0.1, -0.05) is 0 Å². The van der Waals surface area contributed by atoms with Gasteiger partial charge in [0, 0.05) is 25.1 Å². The molecule has 82 valence electrons. The van der Waals surface area contributed by atoms with Gasteiger partial charge < -0.3 is 11.1 Å². The molecule has 0 radical (unpaired) electrons. The quantitative estimate of drug-likeness (QED) is 0.673. The van der Waals surface area contributed by atoms with Gasteiger partial charge in [-0.2, -0.15) is 13.2 Å². The van der Waals surface area contributed by atoms with Gasteiger partial charge >= 0.3 is 6.18 Å². The van der Waals surface area contributed by atoms with Crippen LogP contribution in [0.4, 0.5) is 19.1 Å². The highest BCUT2D eigenvalue weighted by molar-refractivity contribution is 5.35. The molecule has 15 heavy (non-hydrogen) atoms. The van der Waals surface area contributed by atoms with Crippen molar-refractivity contribution in [3.05, 3.63) is 17.0 Å². The Morgan fingerprint density at radius 3 is 2.67 bits per heavy atom. The number of nitrogen functional groups attached to an aromatic ring is 1. The zero-order valence-corrected chi connectivity index (χ0v) is 7.73. The summed E-state index contributed by atoms with van der Waals surface area (Å²) in [4.78, 5) is 7.07. The molecule has 0 amide bonds. The van der Waals surface area contributed by atoms with Crippen molar-refractivity contribution in [2.24, 2.45) is 0 Å². The number of nitrogens with two attached hydrogens (primary N) is 1. The molecule has 1 aromatic rings. The van der Waals surface area contributed by atoms with Gasteiger partial charge in [-0.05, 0) is 0 Å². The number of alkyl halides is 3. The fourth-order valence-electron chi connectivity index (χ4n) is 1.60. The van der Waals surface area contributed by atoms with Crippen LogP contribution < -0.4 is 11.1 Å². The number of fused-ring (bicyclic) bond motifs is 1. The summed E-state index contributed by atoms with van der Waals surface area (Å²) in [5.74, 6) is -0.317. The minimum Gasteiger partial charge on any atom is -0.368 e. The van der Waals surface area contributed by atoms with Gasteiger partial charge in [-0.3, -0.25) is 0 Å². The van der Waals surface area contributed by atoms with E-state index in [1.54, 1.807) is 0 Å². The lowest BCUT2D eigenvalue weighted by Gasteiger charge is -2.20. The smallest absolute Gasteiger partial charge is 0.368 e. The number of nitrogens with zero attached hydrogens (tertiary/aromatic N) is 2. The van der Waals surface area contributed by atoms with Crippen LogP contribution >= 0.6 is 0 Å². The monoisotopic (exact) mass is 218 g/mol. The minimum absolute atomic E-state index is 0.114. The fraction of sp³-hybridized carbons (Fsp3) is 0.500. The van der Waals surface area contributed by atoms with Gasteiger partial charge in [0.2, 0.25) is 5.95 Å². The van der Waals surface area contributed by atoms with Crippen LogP contribution in [0.1, 0.15) is 17.0 Å². The molecular formula is C8H9F3N4. The Morgan fingerprint density at radius 1 is 1.27 bits per heavy atom. The van der Waals surface area contributed by atoms with E-state index in [0.717, 1.165) is 0 Å². The summed E-state index contributed by atoms with van der Waals surface area (Å²) in [6, 6.07) is 0. The van der Waals surface area contributed by atoms with Crippen molar-refractivity contribution in [3.8, 4) is 0 Å². The maximum absolute atomic E-state index is 12.6. The lowest BCUT2D eigenvalue weighted by molar-refractivity contribution is -0.142.